The lowest BCUT2D eigenvalue weighted by Gasteiger charge is -2.35. The lowest BCUT2D eigenvalue weighted by Crippen LogP contribution is -2.38. The molecule has 1 saturated carbocycles. The molecule has 0 heterocycles. The van der Waals surface area contributed by atoms with Crippen molar-refractivity contribution in [2.75, 3.05) is 20.2 Å². The smallest absolute Gasteiger partial charge is 0.308 e. The molecular formula is C16H31NO2. The summed E-state index contributed by atoms with van der Waals surface area (Å²) < 4.78 is 5.12. The van der Waals surface area contributed by atoms with Crippen molar-refractivity contribution in [2.24, 2.45) is 11.3 Å². The van der Waals surface area contributed by atoms with Gasteiger partial charge in [-0.3, -0.25) is 4.79 Å². The first-order chi connectivity index (χ1) is 8.83. The van der Waals surface area contributed by atoms with Crippen LogP contribution in [0.5, 0.6) is 0 Å². The minimum absolute atomic E-state index is 0.0123. The highest BCUT2D eigenvalue weighted by Gasteiger charge is 2.29. The zero-order valence-corrected chi connectivity index (χ0v) is 13.4. The van der Waals surface area contributed by atoms with Gasteiger partial charge in [0.2, 0.25) is 0 Å². The predicted molar refractivity (Wildman–Crippen MR) is 79.1 cm³/mol. The van der Waals surface area contributed by atoms with Crippen molar-refractivity contribution >= 4 is 5.97 Å². The average Bonchev–Trinajstić information content (AvgIpc) is 2.35. The quantitative estimate of drug-likeness (QED) is 0.716. The molecule has 0 amide bonds. The Hall–Kier alpha value is -0.570. The van der Waals surface area contributed by atoms with Gasteiger partial charge in [0, 0.05) is 6.04 Å². The van der Waals surface area contributed by atoms with Crippen LogP contribution in [-0.4, -0.2) is 37.1 Å². The Bertz CT molecular complexity index is 275. The summed E-state index contributed by atoms with van der Waals surface area (Å²) in [4.78, 5) is 14.2. The maximum Gasteiger partial charge on any atom is 0.308 e. The van der Waals surface area contributed by atoms with Crippen molar-refractivity contribution < 1.29 is 9.53 Å². The van der Waals surface area contributed by atoms with E-state index in [4.69, 9.17) is 4.74 Å². The van der Waals surface area contributed by atoms with Gasteiger partial charge in [-0.05, 0) is 58.0 Å². The number of nitrogens with zero attached hydrogens (tertiary/aromatic N) is 1. The molecule has 0 atom stereocenters. The van der Waals surface area contributed by atoms with Crippen molar-refractivity contribution in [1.82, 2.24) is 4.90 Å². The Balaban J connectivity index is 2.31. The van der Waals surface area contributed by atoms with Crippen LogP contribution in [0.2, 0.25) is 0 Å². The summed E-state index contributed by atoms with van der Waals surface area (Å²) in [5.74, 6) is 0.158. The van der Waals surface area contributed by atoms with Crippen LogP contribution < -0.4 is 0 Å². The first kappa shape index (κ1) is 16.5. The SMILES string of the molecule is CCOC(=O)C1CCC(N(C)CCC(C)(C)C)CC1. The van der Waals surface area contributed by atoms with E-state index in [0.29, 0.717) is 18.1 Å². The third-order valence-corrected chi connectivity index (χ3v) is 4.15. The fraction of sp³-hybridized carbons (Fsp3) is 0.938. The van der Waals surface area contributed by atoms with Crippen LogP contribution in [0.15, 0.2) is 0 Å². The molecule has 1 aliphatic carbocycles. The molecule has 0 aromatic heterocycles. The minimum atomic E-state index is 0.0123. The van der Waals surface area contributed by atoms with Gasteiger partial charge >= 0.3 is 5.97 Å². The molecule has 0 saturated heterocycles. The van der Waals surface area contributed by atoms with Gasteiger partial charge in [0.25, 0.3) is 0 Å². The fourth-order valence-corrected chi connectivity index (χ4v) is 2.71. The van der Waals surface area contributed by atoms with Crippen molar-refractivity contribution in [3.8, 4) is 0 Å². The van der Waals surface area contributed by atoms with E-state index in [1.54, 1.807) is 0 Å². The second kappa shape index (κ2) is 7.28. The summed E-state index contributed by atoms with van der Waals surface area (Å²) in [7, 11) is 2.22. The lowest BCUT2D eigenvalue weighted by atomic mass is 9.85. The zero-order chi connectivity index (χ0) is 14.5. The molecule has 112 valence electrons. The molecule has 0 radical (unpaired) electrons. The van der Waals surface area contributed by atoms with Crippen molar-refractivity contribution in [2.45, 2.75) is 65.8 Å². The Morgan fingerprint density at radius 1 is 1.21 bits per heavy atom. The molecule has 0 aromatic carbocycles. The third kappa shape index (κ3) is 5.94. The molecule has 0 spiro atoms. The van der Waals surface area contributed by atoms with Gasteiger partial charge in [-0.2, -0.15) is 0 Å². The van der Waals surface area contributed by atoms with Gasteiger partial charge in [-0.25, -0.2) is 0 Å². The molecule has 19 heavy (non-hydrogen) atoms. The number of carbonyl (C=O) groups is 1. The largest absolute Gasteiger partial charge is 0.466 e. The number of hydrogen-bond acceptors (Lipinski definition) is 3. The average molecular weight is 269 g/mol. The number of ether oxygens (including phenoxy) is 1. The predicted octanol–water partition coefficient (Wildman–Crippen LogP) is 3.48. The summed E-state index contributed by atoms with van der Waals surface area (Å²) in [6, 6.07) is 0.646. The van der Waals surface area contributed by atoms with Gasteiger partial charge in [0.05, 0.1) is 12.5 Å². The molecule has 0 unspecified atom stereocenters. The van der Waals surface area contributed by atoms with E-state index < -0.39 is 0 Å². The van der Waals surface area contributed by atoms with E-state index in [0.717, 1.165) is 32.2 Å². The maximum atomic E-state index is 11.7. The number of rotatable bonds is 5. The number of esters is 1. The van der Waals surface area contributed by atoms with Crippen molar-refractivity contribution in [1.29, 1.82) is 0 Å². The minimum Gasteiger partial charge on any atom is -0.466 e. The Kier molecular flexibility index (Phi) is 6.31. The van der Waals surface area contributed by atoms with E-state index in [9.17, 15) is 4.79 Å². The van der Waals surface area contributed by atoms with E-state index in [-0.39, 0.29) is 11.9 Å². The van der Waals surface area contributed by atoms with Gasteiger partial charge < -0.3 is 9.64 Å². The third-order valence-electron chi connectivity index (χ3n) is 4.15. The molecule has 1 rings (SSSR count). The van der Waals surface area contributed by atoms with Crippen molar-refractivity contribution in [3.05, 3.63) is 0 Å². The standard InChI is InChI=1S/C16H31NO2/c1-6-19-15(18)13-7-9-14(10-8-13)17(5)12-11-16(2,3)4/h13-14H,6-12H2,1-5H3. The van der Waals surface area contributed by atoms with Crippen LogP contribution >= 0.6 is 0 Å². The molecule has 3 heteroatoms. The van der Waals surface area contributed by atoms with Gasteiger partial charge in [0.1, 0.15) is 0 Å². The molecule has 0 N–H and O–H groups in total. The van der Waals surface area contributed by atoms with Crippen LogP contribution in [0.3, 0.4) is 0 Å². The fourth-order valence-electron chi connectivity index (χ4n) is 2.71. The topological polar surface area (TPSA) is 29.5 Å². The van der Waals surface area contributed by atoms with E-state index in [2.05, 4.69) is 32.7 Å². The summed E-state index contributed by atoms with van der Waals surface area (Å²) in [5.41, 5.74) is 0.399. The van der Waals surface area contributed by atoms with Crippen LogP contribution in [-0.2, 0) is 9.53 Å². The molecular weight excluding hydrogens is 238 g/mol. The Morgan fingerprint density at radius 3 is 2.26 bits per heavy atom. The molecule has 0 aromatic rings. The Labute approximate surface area is 118 Å². The van der Waals surface area contributed by atoms with Gasteiger partial charge in [0.15, 0.2) is 0 Å². The van der Waals surface area contributed by atoms with E-state index in [1.807, 2.05) is 6.92 Å². The van der Waals surface area contributed by atoms with E-state index >= 15 is 0 Å². The molecule has 3 nitrogen and oxygen atoms in total. The highest BCUT2D eigenvalue weighted by molar-refractivity contribution is 5.72. The first-order valence-corrected chi connectivity index (χ1v) is 7.70. The van der Waals surface area contributed by atoms with E-state index in [1.165, 1.54) is 6.42 Å². The Morgan fingerprint density at radius 2 is 1.79 bits per heavy atom. The molecule has 1 aliphatic rings. The number of hydrogen-bond donors (Lipinski definition) is 0. The van der Waals surface area contributed by atoms with Crippen LogP contribution in [0, 0.1) is 11.3 Å². The monoisotopic (exact) mass is 269 g/mol. The molecule has 0 bridgehead atoms. The number of carbonyl (C=O) groups excluding carboxylic acids is 1. The van der Waals surface area contributed by atoms with Gasteiger partial charge in [-0.15, -0.1) is 0 Å². The molecule has 1 fully saturated rings. The van der Waals surface area contributed by atoms with Crippen LogP contribution in [0.4, 0.5) is 0 Å². The summed E-state index contributed by atoms with van der Waals surface area (Å²) in [6.45, 7) is 10.4. The van der Waals surface area contributed by atoms with Crippen LogP contribution in [0.1, 0.15) is 59.8 Å². The first-order valence-electron chi connectivity index (χ1n) is 7.70. The highest BCUT2D eigenvalue weighted by Crippen LogP contribution is 2.29. The summed E-state index contributed by atoms with van der Waals surface area (Å²) >= 11 is 0. The van der Waals surface area contributed by atoms with Crippen LogP contribution in [0.25, 0.3) is 0 Å². The summed E-state index contributed by atoms with van der Waals surface area (Å²) in [6.07, 6.45) is 5.46. The highest BCUT2D eigenvalue weighted by atomic mass is 16.5. The maximum absolute atomic E-state index is 11.7. The van der Waals surface area contributed by atoms with Gasteiger partial charge in [-0.1, -0.05) is 20.8 Å². The lowest BCUT2D eigenvalue weighted by molar-refractivity contribution is -0.149. The normalized spacial score (nSPS) is 24.5. The van der Waals surface area contributed by atoms with Crippen molar-refractivity contribution in [3.63, 3.8) is 0 Å². The second-order valence-corrected chi connectivity index (χ2v) is 7.05. The summed E-state index contributed by atoms with van der Waals surface area (Å²) in [5, 5.41) is 0. The second-order valence-electron chi connectivity index (χ2n) is 7.05. The molecule has 0 aliphatic heterocycles. The zero-order valence-electron chi connectivity index (χ0n) is 13.4.